The Bertz CT molecular complexity index is 935. The Morgan fingerprint density at radius 3 is 1.88 bits per heavy atom. The van der Waals surface area contributed by atoms with Crippen LogP contribution in [0.3, 0.4) is 0 Å². The van der Waals surface area contributed by atoms with Gasteiger partial charge in [0.2, 0.25) is 0 Å². The molecular weight excluding hydrogens is 522 g/mol. The highest BCUT2D eigenvalue weighted by molar-refractivity contribution is 5.76. The molecule has 1 aromatic rings. The molecule has 11 nitrogen and oxygen atoms in total. The van der Waals surface area contributed by atoms with Crippen molar-refractivity contribution in [1.82, 2.24) is 0 Å². The van der Waals surface area contributed by atoms with Crippen molar-refractivity contribution >= 4 is 24.2 Å². The first-order valence-electron chi connectivity index (χ1n) is 14.1. The zero-order valence-corrected chi connectivity index (χ0v) is 24.4. The summed E-state index contributed by atoms with van der Waals surface area (Å²) in [6, 6.07) is 3.34. The summed E-state index contributed by atoms with van der Waals surface area (Å²) in [5, 5.41) is 0. The Balaban J connectivity index is 2.84. The maximum atomic E-state index is 12.6. The van der Waals surface area contributed by atoms with E-state index in [2.05, 4.69) is 0 Å². The normalized spacial score (nSPS) is 12.9. The second-order valence-corrected chi connectivity index (χ2v) is 9.49. The van der Waals surface area contributed by atoms with Crippen molar-refractivity contribution in [2.24, 2.45) is 5.73 Å². The lowest BCUT2D eigenvalue weighted by atomic mass is 10.1. The number of benzene rings is 1. The summed E-state index contributed by atoms with van der Waals surface area (Å²) in [4.78, 5) is 48.8. The summed E-state index contributed by atoms with van der Waals surface area (Å²) < 4.78 is 31.3. The summed E-state index contributed by atoms with van der Waals surface area (Å²) in [7, 11) is 0. The highest BCUT2D eigenvalue weighted by Gasteiger charge is 2.25. The van der Waals surface area contributed by atoms with Gasteiger partial charge in [-0.3, -0.25) is 9.59 Å². The van der Waals surface area contributed by atoms with Crippen LogP contribution in [0.25, 0.3) is 0 Å². The van der Waals surface area contributed by atoms with Crippen LogP contribution < -0.4 is 15.2 Å². The second-order valence-electron chi connectivity index (χ2n) is 9.49. The molecule has 0 aliphatic rings. The molecule has 0 saturated heterocycles. The van der Waals surface area contributed by atoms with Crippen LogP contribution in [-0.2, 0) is 35.0 Å². The molecule has 0 radical (unpaired) electrons. The number of hydrogen-bond acceptors (Lipinski definition) is 11. The largest absolute Gasteiger partial charge is 0.513 e. The van der Waals surface area contributed by atoms with Gasteiger partial charge < -0.3 is 34.2 Å². The van der Waals surface area contributed by atoms with Crippen LogP contribution in [0.2, 0.25) is 0 Å². The SMILES string of the molecule is CCCCCC(=O)OC(C)[C@H](C)OC(=O)[C@@H](N)Cc1ccc(OC(=O)OCCCC)c(OC(=O)OCCCC)c1. The molecule has 3 atom stereocenters. The molecule has 0 heterocycles. The van der Waals surface area contributed by atoms with Gasteiger partial charge in [-0.2, -0.15) is 0 Å². The van der Waals surface area contributed by atoms with E-state index < -0.39 is 36.5 Å². The third-order valence-corrected chi connectivity index (χ3v) is 5.85. The van der Waals surface area contributed by atoms with Crippen molar-refractivity contribution in [3.05, 3.63) is 23.8 Å². The lowest BCUT2D eigenvalue weighted by Gasteiger charge is -2.22. The minimum atomic E-state index is -1.06. The van der Waals surface area contributed by atoms with Gasteiger partial charge >= 0.3 is 24.2 Å². The molecule has 226 valence electrons. The van der Waals surface area contributed by atoms with Gasteiger partial charge in [0, 0.05) is 6.42 Å². The number of ether oxygens (including phenoxy) is 6. The van der Waals surface area contributed by atoms with Crippen molar-refractivity contribution < 1.29 is 47.6 Å². The Kier molecular flexibility index (Phi) is 17.1. The van der Waals surface area contributed by atoms with E-state index in [9.17, 15) is 19.2 Å². The molecular formula is C29H45NO10. The van der Waals surface area contributed by atoms with E-state index >= 15 is 0 Å². The van der Waals surface area contributed by atoms with Gasteiger partial charge in [0.15, 0.2) is 11.5 Å². The quantitative estimate of drug-likeness (QED) is 0.102. The first-order valence-corrected chi connectivity index (χ1v) is 14.1. The highest BCUT2D eigenvalue weighted by Crippen LogP contribution is 2.30. The smallest absolute Gasteiger partial charge is 0.459 e. The van der Waals surface area contributed by atoms with Gasteiger partial charge in [0.25, 0.3) is 0 Å². The minimum absolute atomic E-state index is 0.0270. The van der Waals surface area contributed by atoms with Crippen molar-refractivity contribution in [2.75, 3.05) is 13.2 Å². The Hall–Kier alpha value is -3.34. The monoisotopic (exact) mass is 567 g/mol. The molecule has 40 heavy (non-hydrogen) atoms. The predicted molar refractivity (Wildman–Crippen MR) is 147 cm³/mol. The van der Waals surface area contributed by atoms with E-state index in [4.69, 9.17) is 34.2 Å². The zero-order chi connectivity index (χ0) is 29.9. The van der Waals surface area contributed by atoms with Gasteiger partial charge in [-0.15, -0.1) is 0 Å². The molecule has 0 aliphatic carbocycles. The lowest BCUT2D eigenvalue weighted by Crippen LogP contribution is -2.39. The van der Waals surface area contributed by atoms with E-state index in [0.717, 1.165) is 32.1 Å². The van der Waals surface area contributed by atoms with E-state index in [1.807, 2.05) is 20.8 Å². The molecule has 0 aliphatic heterocycles. The molecule has 1 aromatic carbocycles. The van der Waals surface area contributed by atoms with Crippen molar-refractivity contribution in [1.29, 1.82) is 0 Å². The van der Waals surface area contributed by atoms with Gasteiger partial charge in [-0.25, -0.2) is 9.59 Å². The number of carbonyl (C=O) groups excluding carboxylic acids is 4. The molecule has 0 spiro atoms. The zero-order valence-electron chi connectivity index (χ0n) is 24.4. The van der Waals surface area contributed by atoms with Crippen molar-refractivity contribution in [2.45, 2.75) is 111 Å². The Morgan fingerprint density at radius 2 is 1.30 bits per heavy atom. The van der Waals surface area contributed by atoms with E-state index in [-0.39, 0.29) is 37.1 Å². The minimum Gasteiger partial charge on any atom is -0.459 e. The molecule has 1 rings (SSSR count). The molecule has 2 N–H and O–H groups in total. The molecule has 0 bridgehead atoms. The van der Waals surface area contributed by atoms with Crippen LogP contribution >= 0.6 is 0 Å². The van der Waals surface area contributed by atoms with Gasteiger partial charge in [0.05, 0.1) is 13.2 Å². The summed E-state index contributed by atoms with van der Waals surface area (Å²) in [6.07, 6.45) is 2.75. The van der Waals surface area contributed by atoms with Crippen LogP contribution in [0.4, 0.5) is 9.59 Å². The number of nitrogens with two attached hydrogens (primary N) is 1. The summed E-state index contributed by atoms with van der Waals surface area (Å²) in [5.74, 6) is -1.19. The molecule has 0 amide bonds. The van der Waals surface area contributed by atoms with E-state index in [1.165, 1.54) is 12.1 Å². The van der Waals surface area contributed by atoms with E-state index in [1.54, 1.807) is 19.9 Å². The van der Waals surface area contributed by atoms with Gasteiger partial charge in [-0.1, -0.05) is 52.5 Å². The van der Waals surface area contributed by atoms with Crippen molar-refractivity contribution in [3.63, 3.8) is 0 Å². The summed E-state index contributed by atoms with van der Waals surface area (Å²) in [5.41, 5.74) is 6.59. The first-order chi connectivity index (χ1) is 19.1. The number of rotatable bonds is 18. The number of carbonyl (C=O) groups is 4. The Labute approximate surface area is 236 Å². The molecule has 1 unspecified atom stereocenters. The highest BCUT2D eigenvalue weighted by atomic mass is 16.7. The topological polar surface area (TPSA) is 150 Å². The van der Waals surface area contributed by atoms with Gasteiger partial charge in [0.1, 0.15) is 18.2 Å². The Morgan fingerprint density at radius 1 is 0.750 bits per heavy atom. The fourth-order valence-corrected chi connectivity index (χ4v) is 3.27. The maximum Gasteiger partial charge on any atom is 0.513 e. The molecule has 0 saturated carbocycles. The van der Waals surface area contributed by atoms with Crippen LogP contribution in [0.1, 0.15) is 91.5 Å². The molecule has 0 aromatic heterocycles. The fraction of sp³-hybridized carbons (Fsp3) is 0.655. The maximum absolute atomic E-state index is 12.6. The average Bonchev–Trinajstić information content (AvgIpc) is 2.90. The van der Waals surface area contributed by atoms with Crippen LogP contribution in [0, 0.1) is 0 Å². The van der Waals surface area contributed by atoms with Crippen LogP contribution in [0.5, 0.6) is 11.5 Å². The van der Waals surface area contributed by atoms with E-state index in [0.29, 0.717) is 24.8 Å². The predicted octanol–water partition coefficient (Wildman–Crippen LogP) is 5.63. The summed E-state index contributed by atoms with van der Waals surface area (Å²) in [6.45, 7) is 9.58. The van der Waals surface area contributed by atoms with Crippen molar-refractivity contribution in [3.8, 4) is 11.5 Å². The van der Waals surface area contributed by atoms with Crippen LogP contribution in [0.15, 0.2) is 18.2 Å². The number of esters is 2. The number of hydrogen-bond donors (Lipinski definition) is 1. The third-order valence-electron chi connectivity index (χ3n) is 5.85. The molecule has 0 fully saturated rings. The fourth-order valence-electron chi connectivity index (χ4n) is 3.27. The second kappa shape index (κ2) is 19.7. The first kappa shape index (κ1) is 34.7. The molecule has 11 heteroatoms. The lowest BCUT2D eigenvalue weighted by molar-refractivity contribution is -0.166. The standard InChI is InChI=1S/C29H45NO10/c1-6-9-12-13-26(31)37-20(4)21(5)38-27(32)23(30)18-22-14-15-24(39-28(33)35-16-10-7-2)25(19-22)40-29(34)36-17-11-8-3/h14-15,19-21,23H,6-13,16-18,30H2,1-5H3/t20?,21-,23-/m0/s1. The van der Waals surface area contributed by atoms with Gasteiger partial charge in [-0.05, 0) is 57.2 Å². The number of unbranched alkanes of at least 4 members (excludes halogenated alkanes) is 4. The third kappa shape index (κ3) is 14.2. The van der Waals surface area contributed by atoms with Crippen LogP contribution in [-0.4, -0.2) is 55.7 Å². The average molecular weight is 568 g/mol. The summed E-state index contributed by atoms with van der Waals surface area (Å²) >= 11 is 0.